The molecule has 0 atom stereocenters. The van der Waals surface area contributed by atoms with Gasteiger partial charge in [0, 0.05) is 22.4 Å². The van der Waals surface area contributed by atoms with Crippen LogP contribution in [0.25, 0.3) is 5.70 Å². The fourth-order valence-electron chi connectivity index (χ4n) is 1.50. The Balaban J connectivity index is 2.02. The summed E-state index contributed by atoms with van der Waals surface area (Å²) in [7, 11) is 0. The number of pyridine rings is 1. The van der Waals surface area contributed by atoms with Gasteiger partial charge in [0.05, 0.1) is 11.3 Å². The molecule has 0 bridgehead atoms. The van der Waals surface area contributed by atoms with E-state index in [1.807, 2.05) is 6.07 Å². The van der Waals surface area contributed by atoms with Crippen LogP contribution in [0.5, 0.6) is 5.75 Å². The van der Waals surface area contributed by atoms with Crippen molar-refractivity contribution in [2.24, 2.45) is 0 Å². The minimum atomic E-state index is -0.464. The number of hydrazine groups is 1. The highest BCUT2D eigenvalue weighted by molar-refractivity contribution is 9.10. The van der Waals surface area contributed by atoms with Crippen molar-refractivity contribution in [2.75, 3.05) is 0 Å². The van der Waals surface area contributed by atoms with Crippen molar-refractivity contribution in [3.63, 3.8) is 0 Å². The number of carbonyl (C=O) groups is 1. The first-order valence-corrected chi connectivity index (χ1v) is 6.51. The zero-order valence-corrected chi connectivity index (χ0v) is 12.0. The predicted molar refractivity (Wildman–Crippen MR) is 79.7 cm³/mol. The number of carbonyl (C=O) groups excluding carboxylic acids is 1. The third-order valence-corrected chi connectivity index (χ3v) is 3.03. The van der Waals surface area contributed by atoms with Gasteiger partial charge in [0.25, 0.3) is 5.91 Å². The molecule has 102 valence electrons. The molecule has 1 amide bonds. The Morgan fingerprint density at radius 2 is 2.10 bits per heavy atom. The molecule has 20 heavy (non-hydrogen) atoms. The van der Waals surface area contributed by atoms with Crippen LogP contribution in [-0.4, -0.2) is 16.0 Å². The molecule has 0 radical (unpaired) electrons. The van der Waals surface area contributed by atoms with E-state index in [1.165, 1.54) is 12.1 Å². The maximum Gasteiger partial charge on any atom is 0.273 e. The number of amides is 1. The molecule has 0 aliphatic heterocycles. The standard InChI is InChI=1S/C14H12BrN3O2/c1-9(10-3-2-6-16-8-10)17-18-14(20)12-7-11(15)4-5-13(12)19/h2-8,17,19H,1H2,(H,18,20). The summed E-state index contributed by atoms with van der Waals surface area (Å²) in [5.41, 5.74) is 6.57. The Kier molecular flexibility index (Phi) is 4.37. The molecule has 5 nitrogen and oxygen atoms in total. The summed E-state index contributed by atoms with van der Waals surface area (Å²) < 4.78 is 0.700. The van der Waals surface area contributed by atoms with Gasteiger partial charge in [0.1, 0.15) is 5.75 Å². The lowest BCUT2D eigenvalue weighted by molar-refractivity contribution is 0.0939. The van der Waals surface area contributed by atoms with Crippen molar-refractivity contribution in [3.8, 4) is 5.75 Å². The normalized spacial score (nSPS) is 9.85. The van der Waals surface area contributed by atoms with Crippen LogP contribution in [0.4, 0.5) is 0 Å². The van der Waals surface area contributed by atoms with Gasteiger partial charge in [-0.1, -0.05) is 22.5 Å². The lowest BCUT2D eigenvalue weighted by atomic mass is 10.2. The number of benzene rings is 1. The molecule has 6 heteroatoms. The number of hydrogen-bond donors (Lipinski definition) is 3. The van der Waals surface area contributed by atoms with Gasteiger partial charge in [-0.05, 0) is 30.3 Å². The Morgan fingerprint density at radius 1 is 1.30 bits per heavy atom. The van der Waals surface area contributed by atoms with E-state index < -0.39 is 5.91 Å². The molecule has 0 fully saturated rings. The van der Waals surface area contributed by atoms with E-state index in [0.717, 1.165) is 5.56 Å². The molecule has 0 saturated heterocycles. The first kappa shape index (κ1) is 14.1. The van der Waals surface area contributed by atoms with Crippen LogP contribution in [0.15, 0.2) is 53.8 Å². The van der Waals surface area contributed by atoms with Crippen LogP contribution >= 0.6 is 15.9 Å². The van der Waals surface area contributed by atoms with Crippen LogP contribution < -0.4 is 10.9 Å². The van der Waals surface area contributed by atoms with E-state index in [2.05, 4.69) is 38.3 Å². The quantitative estimate of drug-likeness (QED) is 0.751. The summed E-state index contributed by atoms with van der Waals surface area (Å²) in [5.74, 6) is -0.562. The van der Waals surface area contributed by atoms with Crippen molar-refractivity contribution in [2.45, 2.75) is 0 Å². The van der Waals surface area contributed by atoms with Crippen LogP contribution in [0.1, 0.15) is 15.9 Å². The molecule has 0 unspecified atom stereocenters. The number of phenolic OH excluding ortho intramolecular Hbond substituents is 1. The van der Waals surface area contributed by atoms with Crippen molar-refractivity contribution >= 4 is 27.5 Å². The maximum atomic E-state index is 11.9. The average Bonchev–Trinajstić information content (AvgIpc) is 2.47. The van der Waals surface area contributed by atoms with Gasteiger partial charge in [-0.15, -0.1) is 0 Å². The van der Waals surface area contributed by atoms with Gasteiger partial charge in [0.15, 0.2) is 0 Å². The summed E-state index contributed by atoms with van der Waals surface area (Å²) in [6.07, 6.45) is 3.27. The maximum absolute atomic E-state index is 11.9. The van der Waals surface area contributed by atoms with E-state index in [-0.39, 0.29) is 11.3 Å². The molecule has 0 saturated carbocycles. The van der Waals surface area contributed by atoms with E-state index in [9.17, 15) is 9.90 Å². The van der Waals surface area contributed by atoms with E-state index in [4.69, 9.17) is 0 Å². The summed E-state index contributed by atoms with van der Waals surface area (Å²) in [5, 5.41) is 9.65. The van der Waals surface area contributed by atoms with E-state index in [0.29, 0.717) is 10.2 Å². The Labute approximate surface area is 124 Å². The Morgan fingerprint density at radius 3 is 2.80 bits per heavy atom. The molecular formula is C14H12BrN3O2. The van der Waals surface area contributed by atoms with E-state index in [1.54, 1.807) is 24.5 Å². The summed E-state index contributed by atoms with van der Waals surface area (Å²) in [6, 6.07) is 8.19. The number of phenols is 1. The fraction of sp³-hybridized carbons (Fsp3) is 0. The van der Waals surface area contributed by atoms with Crippen molar-refractivity contribution in [1.82, 2.24) is 15.8 Å². The molecule has 0 aliphatic rings. The van der Waals surface area contributed by atoms with Gasteiger partial charge in [-0.3, -0.25) is 20.6 Å². The first-order chi connectivity index (χ1) is 9.58. The number of nitrogens with one attached hydrogen (secondary N) is 2. The molecule has 2 aromatic rings. The molecular weight excluding hydrogens is 322 g/mol. The molecule has 1 heterocycles. The number of nitrogens with zero attached hydrogens (tertiary/aromatic N) is 1. The van der Waals surface area contributed by atoms with Crippen LogP contribution in [-0.2, 0) is 0 Å². The second-order valence-electron chi connectivity index (χ2n) is 3.96. The Hall–Kier alpha value is -2.34. The molecule has 3 N–H and O–H groups in total. The predicted octanol–water partition coefficient (Wildman–Crippen LogP) is 2.46. The number of aromatic hydroxyl groups is 1. The number of aromatic nitrogens is 1. The van der Waals surface area contributed by atoms with Gasteiger partial charge >= 0.3 is 0 Å². The lowest BCUT2D eigenvalue weighted by Crippen LogP contribution is -2.35. The second kappa shape index (κ2) is 6.21. The van der Waals surface area contributed by atoms with Crippen LogP contribution in [0.3, 0.4) is 0 Å². The summed E-state index contributed by atoms with van der Waals surface area (Å²) in [4.78, 5) is 15.9. The summed E-state index contributed by atoms with van der Waals surface area (Å²) in [6.45, 7) is 3.79. The zero-order valence-electron chi connectivity index (χ0n) is 10.4. The molecule has 2 rings (SSSR count). The van der Waals surface area contributed by atoms with Gasteiger partial charge in [-0.2, -0.15) is 0 Å². The fourth-order valence-corrected chi connectivity index (χ4v) is 1.86. The van der Waals surface area contributed by atoms with Gasteiger partial charge in [0.2, 0.25) is 0 Å². The molecule has 1 aromatic heterocycles. The largest absolute Gasteiger partial charge is 0.507 e. The monoisotopic (exact) mass is 333 g/mol. The molecule has 1 aromatic carbocycles. The lowest BCUT2D eigenvalue weighted by Gasteiger charge is -2.11. The smallest absolute Gasteiger partial charge is 0.273 e. The van der Waals surface area contributed by atoms with Crippen molar-refractivity contribution < 1.29 is 9.90 Å². The van der Waals surface area contributed by atoms with Crippen molar-refractivity contribution in [1.29, 1.82) is 0 Å². The van der Waals surface area contributed by atoms with Gasteiger partial charge < -0.3 is 5.11 Å². The highest BCUT2D eigenvalue weighted by atomic mass is 79.9. The molecule has 0 aliphatic carbocycles. The molecule has 0 spiro atoms. The minimum absolute atomic E-state index is 0.0977. The number of halogens is 1. The highest BCUT2D eigenvalue weighted by Crippen LogP contribution is 2.21. The Bertz CT molecular complexity index is 644. The van der Waals surface area contributed by atoms with Crippen LogP contribution in [0.2, 0.25) is 0 Å². The number of rotatable bonds is 4. The van der Waals surface area contributed by atoms with E-state index >= 15 is 0 Å². The first-order valence-electron chi connectivity index (χ1n) is 5.72. The SMILES string of the molecule is C=C(NNC(=O)c1cc(Br)ccc1O)c1cccnc1. The third-order valence-electron chi connectivity index (χ3n) is 2.54. The van der Waals surface area contributed by atoms with Crippen LogP contribution in [0, 0.1) is 0 Å². The zero-order chi connectivity index (χ0) is 14.5. The second-order valence-corrected chi connectivity index (χ2v) is 4.88. The third kappa shape index (κ3) is 3.36. The van der Waals surface area contributed by atoms with Crippen molar-refractivity contribution in [3.05, 3.63) is 64.9 Å². The highest BCUT2D eigenvalue weighted by Gasteiger charge is 2.11. The average molecular weight is 334 g/mol. The minimum Gasteiger partial charge on any atom is -0.507 e. The topological polar surface area (TPSA) is 74.2 Å². The van der Waals surface area contributed by atoms with Gasteiger partial charge in [-0.25, -0.2) is 0 Å². The summed E-state index contributed by atoms with van der Waals surface area (Å²) >= 11 is 3.24. The number of hydrogen-bond acceptors (Lipinski definition) is 4.